The molecule has 0 aliphatic carbocycles. The van der Waals surface area contributed by atoms with Gasteiger partial charge in [-0.25, -0.2) is 4.79 Å². The lowest BCUT2D eigenvalue weighted by Gasteiger charge is -2.22. The molecule has 0 atom stereocenters. The first-order valence-electron chi connectivity index (χ1n) is 4.94. The molecule has 1 aromatic rings. The van der Waals surface area contributed by atoms with Gasteiger partial charge in [0.25, 0.3) is 0 Å². The van der Waals surface area contributed by atoms with Crippen LogP contribution < -0.4 is 5.73 Å². The second-order valence-corrected chi connectivity index (χ2v) is 5.36. The van der Waals surface area contributed by atoms with Crippen LogP contribution in [0.4, 0.5) is 5.69 Å². The van der Waals surface area contributed by atoms with Crippen LogP contribution in [0.5, 0.6) is 0 Å². The molecule has 0 fully saturated rings. The molecule has 1 heterocycles. The van der Waals surface area contributed by atoms with Gasteiger partial charge in [0, 0.05) is 4.88 Å². The van der Waals surface area contributed by atoms with E-state index in [1.165, 1.54) is 11.3 Å². The Morgan fingerprint density at radius 2 is 2.07 bits per heavy atom. The maximum absolute atomic E-state index is 10.9. The highest BCUT2D eigenvalue weighted by Gasteiger charge is 2.27. The van der Waals surface area contributed by atoms with Crippen molar-refractivity contribution in [2.45, 2.75) is 39.5 Å². The zero-order chi connectivity index (χ0) is 11.8. The lowest BCUT2D eigenvalue weighted by atomic mass is 9.86. The van der Waals surface area contributed by atoms with Crippen LogP contribution in [0.3, 0.4) is 0 Å². The van der Waals surface area contributed by atoms with Crippen molar-refractivity contribution in [1.29, 1.82) is 0 Å². The van der Waals surface area contributed by atoms with E-state index >= 15 is 0 Å². The van der Waals surface area contributed by atoms with Gasteiger partial charge in [0.05, 0.1) is 5.69 Å². The molecule has 0 bridgehead atoms. The maximum atomic E-state index is 10.9. The fourth-order valence-corrected chi connectivity index (χ4v) is 2.73. The fraction of sp³-hybridized carbons (Fsp3) is 0.545. The van der Waals surface area contributed by atoms with E-state index in [0.717, 1.165) is 16.9 Å². The summed E-state index contributed by atoms with van der Waals surface area (Å²) < 4.78 is 0. The number of anilines is 1. The predicted octanol–water partition coefficient (Wildman–Crippen LogP) is 3.02. The molecule has 0 saturated heterocycles. The smallest absolute Gasteiger partial charge is 0.348 e. The number of nitrogens with two attached hydrogens (primary N) is 1. The summed E-state index contributed by atoms with van der Waals surface area (Å²) in [6.45, 7) is 8.20. The summed E-state index contributed by atoms with van der Waals surface area (Å²) >= 11 is 1.30. The van der Waals surface area contributed by atoms with E-state index in [-0.39, 0.29) is 10.3 Å². The van der Waals surface area contributed by atoms with Gasteiger partial charge in [-0.15, -0.1) is 11.3 Å². The number of aromatic carboxylic acids is 1. The van der Waals surface area contributed by atoms with Gasteiger partial charge < -0.3 is 10.8 Å². The molecule has 1 aromatic heterocycles. The first-order valence-corrected chi connectivity index (χ1v) is 5.75. The summed E-state index contributed by atoms with van der Waals surface area (Å²) in [5.41, 5.74) is 7.12. The zero-order valence-electron chi connectivity index (χ0n) is 9.55. The molecule has 0 aliphatic rings. The number of hydrogen-bond acceptors (Lipinski definition) is 3. The van der Waals surface area contributed by atoms with Crippen LogP contribution in [0.1, 0.15) is 47.3 Å². The highest BCUT2D eigenvalue weighted by molar-refractivity contribution is 7.15. The van der Waals surface area contributed by atoms with Crippen molar-refractivity contribution in [3.63, 3.8) is 0 Å². The number of rotatable bonds is 3. The molecule has 0 radical (unpaired) electrons. The Kier molecular flexibility index (Phi) is 3.09. The Hall–Kier alpha value is -1.03. The second kappa shape index (κ2) is 3.85. The normalized spacial score (nSPS) is 11.7. The lowest BCUT2D eigenvalue weighted by molar-refractivity contribution is 0.0703. The van der Waals surface area contributed by atoms with Crippen LogP contribution in [0.15, 0.2) is 0 Å². The topological polar surface area (TPSA) is 63.3 Å². The van der Waals surface area contributed by atoms with E-state index in [0.29, 0.717) is 5.69 Å². The van der Waals surface area contributed by atoms with Crippen LogP contribution in [0.25, 0.3) is 0 Å². The zero-order valence-corrected chi connectivity index (χ0v) is 10.4. The molecule has 3 N–H and O–H groups in total. The quantitative estimate of drug-likeness (QED) is 0.834. The first-order chi connectivity index (χ1) is 6.81. The third kappa shape index (κ3) is 2.00. The van der Waals surface area contributed by atoms with Crippen molar-refractivity contribution >= 4 is 23.0 Å². The largest absolute Gasteiger partial charge is 0.477 e. The van der Waals surface area contributed by atoms with E-state index in [2.05, 4.69) is 20.8 Å². The maximum Gasteiger partial charge on any atom is 0.348 e. The van der Waals surface area contributed by atoms with Crippen molar-refractivity contribution < 1.29 is 9.90 Å². The summed E-state index contributed by atoms with van der Waals surface area (Å²) in [4.78, 5) is 12.3. The summed E-state index contributed by atoms with van der Waals surface area (Å²) in [5.74, 6) is -0.932. The predicted molar refractivity (Wildman–Crippen MR) is 63.7 cm³/mol. The van der Waals surface area contributed by atoms with Crippen molar-refractivity contribution in [3.05, 3.63) is 15.3 Å². The average molecular weight is 227 g/mol. The Bertz CT molecular complexity index is 394. The van der Waals surface area contributed by atoms with Gasteiger partial charge in [0.1, 0.15) is 4.88 Å². The van der Waals surface area contributed by atoms with Gasteiger partial charge in [0.2, 0.25) is 0 Å². The summed E-state index contributed by atoms with van der Waals surface area (Å²) in [6, 6.07) is 0. The number of nitrogen functional groups attached to an aromatic ring is 1. The Morgan fingerprint density at radius 1 is 1.53 bits per heavy atom. The van der Waals surface area contributed by atoms with Crippen molar-refractivity contribution in [2.75, 3.05) is 5.73 Å². The minimum Gasteiger partial charge on any atom is -0.477 e. The van der Waals surface area contributed by atoms with Gasteiger partial charge in [-0.1, -0.05) is 20.8 Å². The fourth-order valence-electron chi connectivity index (χ4n) is 1.49. The van der Waals surface area contributed by atoms with Crippen molar-refractivity contribution in [2.24, 2.45) is 0 Å². The van der Waals surface area contributed by atoms with Crippen LogP contribution >= 0.6 is 11.3 Å². The third-order valence-electron chi connectivity index (χ3n) is 2.89. The lowest BCUT2D eigenvalue weighted by Crippen LogP contribution is -2.14. The SMILES string of the molecule is CCC(C)(C)c1sc(C(=O)O)c(N)c1C. The number of carboxylic acid groups (broad SMARTS) is 1. The highest BCUT2D eigenvalue weighted by Crippen LogP contribution is 2.40. The second-order valence-electron chi connectivity index (χ2n) is 4.34. The van der Waals surface area contributed by atoms with Gasteiger partial charge in [-0.3, -0.25) is 0 Å². The molecular formula is C11H17NO2S. The molecule has 4 heteroatoms. The molecule has 0 unspecified atom stereocenters. The monoisotopic (exact) mass is 227 g/mol. The van der Waals surface area contributed by atoms with Gasteiger partial charge in [-0.05, 0) is 24.3 Å². The van der Waals surface area contributed by atoms with E-state index in [9.17, 15) is 4.79 Å². The molecule has 0 spiro atoms. The Labute approximate surface area is 93.9 Å². The minimum absolute atomic E-state index is 0.00340. The number of hydrogen-bond donors (Lipinski definition) is 2. The summed E-state index contributed by atoms with van der Waals surface area (Å²) in [5, 5.41) is 8.97. The minimum atomic E-state index is -0.932. The van der Waals surface area contributed by atoms with E-state index in [1.54, 1.807) is 0 Å². The standard InChI is InChI=1S/C11H17NO2S/c1-5-11(3,4)9-6(2)7(12)8(15-9)10(13)14/h5,12H2,1-4H3,(H,13,14). The van der Waals surface area contributed by atoms with Gasteiger partial charge >= 0.3 is 5.97 Å². The number of carboxylic acids is 1. The molecule has 15 heavy (non-hydrogen) atoms. The van der Waals surface area contributed by atoms with Crippen LogP contribution in [-0.4, -0.2) is 11.1 Å². The average Bonchev–Trinajstić information content (AvgIpc) is 2.45. The summed E-state index contributed by atoms with van der Waals surface area (Å²) in [7, 11) is 0. The van der Waals surface area contributed by atoms with E-state index in [1.807, 2.05) is 6.92 Å². The molecule has 84 valence electrons. The van der Waals surface area contributed by atoms with E-state index in [4.69, 9.17) is 10.8 Å². The number of carbonyl (C=O) groups is 1. The van der Waals surface area contributed by atoms with Gasteiger partial charge in [0.15, 0.2) is 0 Å². The van der Waals surface area contributed by atoms with Crippen LogP contribution in [-0.2, 0) is 5.41 Å². The molecule has 0 saturated carbocycles. The van der Waals surface area contributed by atoms with Crippen LogP contribution in [0.2, 0.25) is 0 Å². The molecular weight excluding hydrogens is 210 g/mol. The highest BCUT2D eigenvalue weighted by atomic mass is 32.1. The molecule has 3 nitrogen and oxygen atoms in total. The molecule has 0 amide bonds. The Balaban J connectivity index is 3.34. The molecule has 0 aromatic carbocycles. The van der Waals surface area contributed by atoms with Crippen molar-refractivity contribution in [3.8, 4) is 0 Å². The third-order valence-corrected chi connectivity index (χ3v) is 4.55. The molecule has 0 aliphatic heterocycles. The van der Waals surface area contributed by atoms with Gasteiger partial charge in [-0.2, -0.15) is 0 Å². The first kappa shape index (κ1) is 12.0. The Morgan fingerprint density at radius 3 is 2.40 bits per heavy atom. The van der Waals surface area contributed by atoms with E-state index < -0.39 is 5.97 Å². The summed E-state index contributed by atoms with van der Waals surface area (Å²) in [6.07, 6.45) is 0.965. The molecule has 1 rings (SSSR count). The van der Waals surface area contributed by atoms with Crippen LogP contribution in [0, 0.1) is 6.92 Å². The number of thiophene rings is 1. The van der Waals surface area contributed by atoms with Crippen molar-refractivity contribution in [1.82, 2.24) is 0 Å².